The molecule has 0 bridgehead atoms. The number of aliphatic hydroxyl groups is 1. The van der Waals surface area contributed by atoms with E-state index in [1.54, 1.807) is 0 Å². The molecule has 1 unspecified atom stereocenters. The number of aliphatic hydroxyl groups excluding tert-OH is 1. The fourth-order valence-corrected chi connectivity index (χ4v) is 1.66. The van der Waals surface area contributed by atoms with Crippen molar-refractivity contribution in [3.05, 3.63) is 29.8 Å². The molecule has 0 spiro atoms. The Morgan fingerprint density at radius 3 is 2.48 bits per heavy atom. The molecule has 0 heterocycles. The quantitative estimate of drug-likeness (QED) is 0.476. The normalized spacial score (nSPS) is 12.3. The van der Waals surface area contributed by atoms with Gasteiger partial charge in [0.05, 0.1) is 25.7 Å². The minimum atomic E-state index is -0.637. The Morgan fingerprint density at radius 1 is 1.10 bits per heavy atom. The first-order valence-corrected chi connectivity index (χ1v) is 7.91. The molecule has 1 aromatic carbocycles. The van der Waals surface area contributed by atoms with Gasteiger partial charge in [0.1, 0.15) is 18.5 Å². The monoisotopic (exact) mass is 316 g/mol. The van der Waals surface area contributed by atoms with E-state index in [0.29, 0.717) is 25.6 Å². The van der Waals surface area contributed by atoms with Crippen LogP contribution in [0.15, 0.2) is 24.3 Å². The largest absolute Gasteiger partial charge is 0.491 e. The number of alkyl halides is 1. The van der Waals surface area contributed by atoms with Crippen molar-refractivity contribution in [1.29, 1.82) is 0 Å². The molecule has 0 aliphatic carbocycles. The highest BCUT2D eigenvalue weighted by molar-refractivity contribution is 6.18. The lowest BCUT2D eigenvalue weighted by molar-refractivity contribution is 0.0396. The van der Waals surface area contributed by atoms with Crippen LogP contribution in [0.5, 0.6) is 5.75 Å². The second-order valence-corrected chi connectivity index (χ2v) is 5.09. The molecular formula is C16H25ClO4. The van der Waals surface area contributed by atoms with Crippen molar-refractivity contribution in [3.63, 3.8) is 0 Å². The van der Waals surface area contributed by atoms with Crippen molar-refractivity contribution in [1.82, 2.24) is 0 Å². The van der Waals surface area contributed by atoms with Crippen molar-refractivity contribution in [2.45, 2.75) is 32.5 Å². The van der Waals surface area contributed by atoms with Gasteiger partial charge in [0.2, 0.25) is 0 Å². The van der Waals surface area contributed by atoms with E-state index >= 15 is 0 Å². The Bertz CT molecular complexity index is 356. The zero-order valence-electron chi connectivity index (χ0n) is 12.6. The number of halogens is 1. The summed E-state index contributed by atoms with van der Waals surface area (Å²) in [6, 6.07) is 7.61. The minimum absolute atomic E-state index is 0.173. The topological polar surface area (TPSA) is 47.9 Å². The molecule has 21 heavy (non-hydrogen) atoms. The third-order valence-electron chi connectivity index (χ3n) is 2.83. The first-order valence-electron chi connectivity index (χ1n) is 7.37. The van der Waals surface area contributed by atoms with Crippen molar-refractivity contribution in [3.8, 4) is 5.75 Å². The minimum Gasteiger partial charge on any atom is -0.491 e. The summed E-state index contributed by atoms with van der Waals surface area (Å²) in [7, 11) is 0. The van der Waals surface area contributed by atoms with E-state index < -0.39 is 6.10 Å². The summed E-state index contributed by atoms with van der Waals surface area (Å²) in [6.07, 6.45) is 1.61. The Morgan fingerprint density at radius 2 is 1.81 bits per heavy atom. The van der Waals surface area contributed by atoms with Gasteiger partial charge in [-0.15, -0.1) is 11.6 Å². The third-order valence-corrected chi connectivity index (χ3v) is 3.18. The second kappa shape index (κ2) is 11.8. The number of benzene rings is 1. The van der Waals surface area contributed by atoms with E-state index in [1.807, 2.05) is 24.3 Å². The molecule has 0 amide bonds. The lowest BCUT2D eigenvalue weighted by Gasteiger charge is -2.10. The maximum absolute atomic E-state index is 9.31. The molecule has 1 N–H and O–H groups in total. The van der Waals surface area contributed by atoms with Crippen LogP contribution in [0, 0.1) is 0 Å². The Kier molecular flexibility index (Phi) is 10.3. The maximum Gasteiger partial charge on any atom is 0.119 e. The van der Waals surface area contributed by atoms with E-state index in [2.05, 4.69) is 6.92 Å². The highest BCUT2D eigenvalue weighted by Gasteiger charge is 2.03. The van der Waals surface area contributed by atoms with E-state index in [0.717, 1.165) is 25.0 Å². The predicted molar refractivity (Wildman–Crippen MR) is 84.0 cm³/mol. The van der Waals surface area contributed by atoms with Crippen LogP contribution >= 0.6 is 11.6 Å². The number of rotatable bonds is 12. The Balaban J connectivity index is 2.13. The van der Waals surface area contributed by atoms with E-state index in [-0.39, 0.29) is 12.5 Å². The fraction of sp³-hybridized carbons (Fsp3) is 0.625. The summed E-state index contributed by atoms with van der Waals surface area (Å²) in [4.78, 5) is 0. The first kappa shape index (κ1) is 18.2. The Labute approximate surface area is 132 Å². The maximum atomic E-state index is 9.31. The van der Waals surface area contributed by atoms with Gasteiger partial charge in [0.25, 0.3) is 0 Å². The predicted octanol–water partition coefficient (Wildman–Crippen LogP) is 3.00. The van der Waals surface area contributed by atoms with Gasteiger partial charge in [-0.25, -0.2) is 0 Å². The summed E-state index contributed by atoms with van der Waals surface area (Å²) >= 11 is 5.50. The van der Waals surface area contributed by atoms with Gasteiger partial charge in [-0.05, 0) is 24.1 Å². The second-order valence-electron chi connectivity index (χ2n) is 4.78. The molecule has 120 valence electrons. The summed E-state index contributed by atoms with van der Waals surface area (Å²) in [6.45, 7) is 4.95. The molecule has 0 fully saturated rings. The van der Waals surface area contributed by atoms with Crippen LogP contribution in [0.3, 0.4) is 0 Å². The third kappa shape index (κ3) is 8.94. The number of hydrogen-bond acceptors (Lipinski definition) is 4. The fourth-order valence-electron chi connectivity index (χ4n) is 1.58. The average molecular weight is 317 g/mol. The van der Waals surface area contributed by atoms with Gasteiger partial charge in [-0.1, -0.05) is 25.5 Å². The van der Waals surface area contributed by atoms with Crippen LogP contribution < -0.4 is 4.74 Å². The molecule has 1 atom stereocenters. The van der Waals surface area contributed by atoms with Crippen LogP contribution in [-0.2, 0) is 16.1 Å². The SMILES string of the molecule is CCCCOCCOCc1ccc(OCC(O)CCl)cc1. The van der Waals surface area contributed by atoms with Gasteiger partial charge in [-0.2, -0.15) is 0 Å². The van der Waals surface area contributed by atoms with Gasteiger partial charge in [0.15, 0.2) is 0 Å². The van der Waals surface area contributed by atoms with Gasteiger partial charge in [-0.3, -0.25) is 0 Å². The molecule has 0 saturated heterocycles. The molecule has 0 radical (unpaired) electrons. The highest BCUT2D eigenvalue weighted by Crippen LogP contribution is 2.13. The lowest BCUT2D eigenvalue weighted by Crippen LogP contribution is -2.18. The molecule has 0 aromatic heterocycles. The van der Waals surface area contributed by atoms with Crippen LogP contribution in [0.2, 0.25) is 0 Å². The number of hydrogen-bond donors (Lipinski definition) is 1. The number of ether oxygens (including phenoxy) is 3. The molecule has 0 saturated carbocycles. The van der Waals surface area contributed by atoms with E-state index in [4.69, 9.17) is 25.8 Å². The smallest absolute Gasteiger partial charge is 0.119 e. The zero-order chi connectivity index (χ0) is 15.3. The lowest BCUT2D eigenvalue weighted by atomic mass is 10.2. The summed E-state index contributed by atoms with van der Waals surface area (Å²) < 4.78 is 16.3. The molecule has 1 aromatic rings. The van der Waals surface area contributed by atoms with E-state index in [9.17, 15) is 5.11 Å². The summed E-state index contributed by atoms with van der Waals surface area (Å²) in [5.74, 6) is 0.887. The van der Waals surface area contributed by atoms with Gasteiger partial charge in [0, 0.05) is 6.61 Å². The van der Waals surface area contributed by atoms with Gasteiger partial charge >= 0.3 is 0 Å². The molecule has 1 rings (SSSR count). The standard InChI is InChI=1S/C16H25ClO4/c1-2-3-8-19-9-10-20-12-14-4-6-16(7-5-14)21-13-15(18)11-17/h4-7,15,18H,2-3,8-13H2,1H3. The average Bonchev–Trinajstić information content (AvgIpc) is 2.52. The van der Waals surface area contributed by atoms with Crippen LogP contribution in [0.1, 0.15) is 25.3 Å². The number of unbranched alkanes of at least 4 members (excludes halogenated alkanes) is 1. The van der Waals surface area contributed by atoms with Crippen molar-refractivity contribution < 1.29 is 19.3 Å². The molecule has 0 aliphatic heterocycles. The van der Waals surface area contributed by atoms with Crippen LogP contribution in [0.4, 0.5) is 0 Å². The van der Waals surface area contributed by atoms with Crippen LogP contribution in [0.25, 0.3) is 0 Å². The van der Waals surface area contributed by atoms with Crippen molar-refractivity contribution >= 4 is 11.6 Å². The summed E-state index contributed by atoms with van der Waals surface area (Å²) in [5, 5.41) is 9.31. The molecule has 5 heteroatoms. The molecular weight excluding hydrogens is 292 g/mol. The molecule has 4 nitrogen and oxygen atoms in total. The zero-order valence-corrected chi connectivity index (χ0v) is 13.3. The Hall–Kier alpha value is -0.810. The first-order chi connectivity index (χ1) is 10.3. The van der Waals surface area contributed by atoms with Gasteiger partial charge < -0.3 is 19.3 Å². The van der Waals surface area contributed by atoms with Crippen LogP contribution in [-0.4, -0.2) is 43.5 Å². The van der Waals surface area contributed by atoms with Crippen molar-refractivity contribution in [2.24, 2.45) is 0 Å². The highest BCUT2D eigenvalue weighted by atomic mass is 35.5. The van der Waals surface area contributed by atoms with Crippen molar-refractivity contribution in [2.75, 3.05) is 32.3 Å². The van der Waals surface area contributed by atoms with E-state index in [1.165, 1.54) is 0 Å². The summed E-state index contributed by atoms with van der Waals surface area (Å²) in [5.41, 5.74) is 1.08. The molecule has 0 aliphatic rings.